The number of anilines is 1. The largest absolute Gasteiger partial charge is 0.370 e. The van der Waals surface area contributed by atoms with Gasteiger partial charge in [-0.1, -0.05) is 0 Å². The number of likely N-dealkylation sites (tertiary alicyclic amines) is 1. The van der Waals surface area contributed by atoms with E-state index >= 15 is 0 Å². The van der Waals surface area contributed by atoms with Gasteiger partial charge in [-0.05, 0) is 58.2 Å². The number of rotatable bonds is 7. The Hall–Kier alpha value is -0.620. The molecule has 5 nitrogen and oxygen atoms in total. The van der Waals surface area contributed by atoms with Crippen molar-refractivity contribution in [3.8, 4) is 0 Å². The van der Waals surface area contributed by atoms with Crippen molar-refractivity contribution in [1.82, 2.24) is 14.9 Å². The number of nitrogens with zero attached hydrogens (tertiary/aromatic N) is 3. The Kier molecular flexibility index (Phi) is 9.14. The second kappa shape index (κ2) is 10.3. The molecule has 2 aliphatic rings. The van der Waals surface area contributed by atoms with Crippen molar-refractivity contribution in [2.75, 3.05) is 31.5 Å². The van der Waals surface area contributed by atoms with Gasteiger partial charge in [-0.3, -0.25) is 0 Å². The molecule has 7 heteroatoms. The van der Waals surface area contributed by atoms with Crippen LogP contribution in [0.25, 0.3) is 0 Å². The molecule has 1 aliphatic heterocycles. The molecule has 0 spiro atoms. The zero-order valence-corrected chi connectivity index (χ0v) is 15.2. The highest BCUT2D eigenvalue weighted by molar-refractivity contribution is 5.85. The van der Waals surface area contributed by atoms with E-state index < -0.39 is 0 Å². The highest BCUT2D eigenvalue weighted by Crippen LogP contribution is 2.34. The first-order valence-electron chi connectivity index (χ1n) is 8.35. The van der Waals surface area contributed by atoms with Crippen LogP contribution in [0.2, 0.25) is 0 Å². The molecule has 3 rings (SSSR count). The Morgan fingerprint density at radius 3 is 2.57 bits per heavy atom. The molecule has 3 N–H and O–H groups in total. The quantitative estimate of drug-likeness (QED) is 0.730. The van der Waals surface area contributed by atoms with Gasteiger partial charge in [-0.2, -0.15) is 0 Å². The van der Waals surface area contributed by atoms with Gasteiger partial charge in [-0.15, -0.1) is 24.8 Å². The molecule has 1 aromatic rings. The normalized spacial score (nSPS) is 23.5. The number of nitrogens with two attached hydrogens (primary N) is 1. The Morgan fingerprint density at radius 2 is 1.87 bits per heavy atom. The minimum Gasteiger partial charge on any atom is -0.370 e. The lowest BCUT2D eigenvalue weighted by molar-refractivity contribution is 0.331. The molecule has 2 fully saturated rings. The molecule has 0 bridgehead atoms. The van der Waals surface area contributed by atoms with Crippen LogP contribution < -0.4 is 11.1 Å². The zero-order chi connectivity index (χ0) is 14.5. The number of hydrogen-bond acceptors (Lipinski definition) is 5. The highest BCUT2D eigenvalue weighted by Gasteiger charge is 2.28. The fourth-order valence-electron chi connectivity index (χ4n) is 3.28. The summed E-state index contributed by atoms with van der Waals surface area (Å²) in [5, 5.41) is 3.42. The summed E-state index contributed by atoms with van der Waals surface area (Å²) in [6.45, 7) is 4.84. The third-order valence-corrected chi connectivity index (χ3v) is 4.69. The van der Waals surface area contributed by atoms with Gasteiger partial charge in [0.25, 0.3) is 0 Å². The molecule has 2 heterocycles. The molecule has 1 aromatic heterocycles. The predicted molar refractivity (Wildman–Crippen MR) is 99.9 cm³/mol. The first-order chi connectivity index (χ1) is 10.3. The average Bonchev–Trinajstić information content (AvgIpc) is 2.97. The van der Waals surface area contributed by atoms with Gasteiger partial charge in [0.1, 0.15) is 12.1 Å². The van der Waals surface area contributed by atoms with E-state index in [-0.39, 0.29) is 24.8 Å². The lowest BCUT2D eigenvalue weighted by Gasteiger charge is -2.31. The molecule has 132 valence electrons. The maximum absolute atomic E-state index is 5.85. The standard InChI is InChI=1S/C16H27N5.2ClH/c17-14-9-13(10-14)15-11-16(20-12-19-15)18-5-1-2-6-21-7-3-4-8-21;;/h11-14H,1-10,17H2,(H,18,19,20);2*1H. The van der Waals surface area contributed by atoms with Crippen molar-refractivity contribution >= 4 is 30.6 Å². The van der Waals surface area contributed by atoms with E-state index in [0.717, 1.165) is 30.9 Å². The third-order valence-electron chi connectivity index (χ3n) is 4.69. The topological polar surface area (TPSA) is 67.1 Å². The summed E-state index contributed by atoms with van der Waals surface area (Å²) in [5.74, 6) is 1.50. The van der Waals surface area contributed by atoms with Crippen LogP contribution in [-0.2, 0) is 0 Å². The van der Waals surface area contributed by atoms with Gasteiger partial charge in [0.05, 0.1) is 0 Å². The Labute approximate surface area is 151 Å². The molecular formula is C16H29Cl2N5. The molecule has 0 amide bonds. The molecule has 23 heavy (non-hydrogen) atoms. The first kappa shape index (κ1) is 20.4. The van der Waals surface area contributed by atoms with Crippen LogP contribution in [0.15, 0.2) is 12.4 Å². The summed E-state index contributed by atoms with van der Waals surface area (Å²) in [4.78, 5) is 11.3. The van der Waals surface area contributed by atoms with Crippen molar-refractivity contribution in [3.63, 3.8) is 0 Å². The van der Waals surface area contributed by atoms with Crippen molar-refractivity contribution in [3.05, 3.63) is 18.1 Å². The minimum absolute atomic E-state index is 0. The summed E-state index contributed by atoms with van der Waals surface area (Å²) in [6, 6.07) is 2.46. The van der Waals surface area contributed by atoms with Crippen LogP contribution in [0.1, 0.15) is 50.1 Å². The summed E-state index contributed by atoms with van der Waals surface area (Å²) in [5.41, 5.74) is 6.99. The predicted octanol–water partition coefficient (Wildman–Crippen LogP) is 2.81. The van der Waals surface area contributed by atoms with E-state index in [4.69, 9.17) is 5.73 Å². The van der Waals surface area contributed by atoms with Gasteiger partial charge in [-0.25, -0.2) is 9.97 Å². The first-order valence-corrected chi connectivity index (χ1v) is 8.35. The van der Waals surface area contributed by atoms with E-state index in [1.807, 2.05) is 0 Å². The number of unbranched alkanes of at least 4 members (excludes halogenated alkanes) is 1. The van der Waals surface area contributed by atoms with Crippen molar-refractivity contribution < 1.29 is 0 Å². The molecular weight excluding hydrogens is 333 g/mol. The second-order valence-corrected chi connectivity index (χ2v) is 6.44. The van der Waals surface area contributed by atoms with Crippen molar-refractivity contribution in [1.29, 1.82) is 0 Å². The Bertz CT molecular complexity index is 448. The summed E-state index contributed by atoms with van der Waals surface area (Å²) >= 11 is 0. The number of nitrogens with one attached hydrogen (secondary N) is 1. The van der Waals surface area contributed by atoms with Gasteiger partial charge in [0.15, 0.2) is 0 Å². The summed E-state index contributed by atoms with van der Waals surface area (Å²) in [7, 11) is 0. The van der Waals surface area contributed by atoms with E-state index in [2.05, 4.69) is 26.3 Å². The van der Waals surface area contributed by atoms with Crippen LogP contribution >= 0.6 is 24.8 Å². The van der Waals surface area contributed by atoms with E-state index in [9.17, 15) is 0 Å². The molecule has 1 aliphatic carbocycles. The van der Waals surface area contributed by atoms with Gasteiger partial charge >= 0.3 is 0 Å². The lowest BCUT2D eigenvalue weighted by atomic mass is 9.79. The van der Waals surface area contributed by atoms with Gasteiger partial charge < -0.3 is 16.0 Å². The van der Waals surface area contributed by atoms with Crippen LogP contribution in [-0.4, -0.2) is 47.1 Å². The highest BCUT2D eigenvalue weighted by atomic mass is 35.5. The van der Waals surface area contributed by atoms with Crippen LogP contribution in [0, 0.1) is 0 Å². The molecule has 0 atom stereocenters. The maximum Gasteiger partial charge on any atom is 0.129 e. The van der Waals surface area contributed by atoms with E-state index in [1.165, 1.54) is 45.3 Å². The zero-order valence-electron chi connectivity index (χ0n) is 13.6. The summed E-state index contributed by atoms with van der Waals surface area (Å²) < 4.78 is 0. The van der Waals surface area contributed by atoms with Crippen molar-refractivity contribution in [2.45, 2.75) is 50.5 Å². The lowest BCUT2D eigenvalue weighted by Crippen LogP contribution is -2.35. The fourth-order valence-corrected chi connectivity index (χ4v) is 3.28. The molecule has 0 aromatic carbocycles. The van der Waals surface area contributed by atoms with Crippen molar-refractivity contribution in [2.24, 2.45) is 5.73 Å². The number of aromatic nitrogens is 2. The smallest absolute Gasteiger partial charge is 0.129 e. The monoisotopic (exact) mass is 361 g/mol. The average molecular weight is 362 g/mol. The Morgan fingerprint density at radius 1 is 1.13 bits per heavy atom. The molecule has 0 unspecified atom stereocenters. The second-order valence-electron chi connectivity index (χ2n) is 6.44. The summed E-state index contributed by atoms with van der Waals surface area (Å²) in [6.07, 6.45) is 9.02. The maximum atomic E-state index is 5.85. The SMILES string of the molecule is Cl.Cl.NC1CC(c2cc(NCCCCN3CCCC3)ncn2)C1. The third kappa shape index (κ3) is 6.07. The van der Waals surface area contributed by atoms with Gasteiger partial charge in [0.2, 0.25) is 0 Å². The number of hydrogen-bond donors (Lipinski definition) is 2. The van der Waals surface area contributed by atoms with Crippen LogP contribution in [0.4, 0.5) is 5.82 Å². The number of halogens is 2. The fraction of sp³-hybridized carbons (Fsp3) is 0.750. The van der Waals surface area contributed by atoms with E-state index in [0.29, 0.717) is 12.0 Å². The molecule has 1 saturated carbocycles. The Balaban J connectivity index is 0.00000132. The van der Waals surface area contributed by atoms with Gasteiger partial charge in [0, 0.05) is 30.3 Å². The van der Waals surface area contributed by atoms with Crippen LogP contribution in [0.3, 0.4) is 0 Å². The van der Waals surface area contributed by atoms with Crippen LogP contribution in [0.5, 0.6) is 0 Å². The minimum atomic E-state index is 0. The van der Waals surface area contributed by atoms with E-state index in [1.54, 1.807) is 6.33 Å². The molecule has 0 radical (unpaired) electrons. The molecule has 1 saturated heterocycles.